The Labute approximate surface area is 127 Å². The van der Waals surface area contributed by atoms with E-state index >= 15 is 0 Å². The van der Waals surface area contributed by atoms with Crippen LogP contribution < -0.4 is 0 Å². The minimum Gasteiger partial charge on any atom is -0.0587 e. The molecule has 2 aromatic rings. The molecule has 0 N–H and O–H groups in total. The Morgan fingerprint density at radius 2 is 1.40 bits per heavy atom. The molecule has 2 heteroatoms. The summed E-state index contributed by atoms with van der Waals surface area (Å²) in [5.74, 6) is 0. The van der Waals surface area contributed by atoms with Crippen molar-refractivity contribution in [2.45, 2.75) is 18.7 Å². The van der Waals surface area contributed by atoms with E-state index < -0.39 is 0 Å². The maximum absolute atomic E-state index is 2.32. The fourth-order valence-corrected chi connectivity index (χ4v) is 5.10. The van der Waals surface area contributed by atoms with Crippen molar-refractivity contribution in [1.29, 1.82) is 0 Å². The van der Waals surface area contributed by atoms with Gasteiger partial charge in [-0.2, -0.15) is 0 Å². The molecular weight excluding hydrogens is 280 g/mol. The van der Waals surface area contributed by atoms with E-state index in [1.54, 1.807) is 0 Å². The Kier molecular flexibility index (Phi) is 4.04. The number of rotatable bonds is 2. The van der Waals surface area contributed by atoms with E-state index in [0.29, 0.717) is 0 Å². The monoisotopic (exact) mass is 297 g/mol. The Morgan fingerprint density at radius 1 is 0.800 bits per heavy atom. The van der Waals surface area contributed by atoms with Crippen molar-refractivity contribution >= 4 is 26.3 Å². The molecule has 0 aliphatic carbocycles. The molecule has 0 radical (unpaired) electrons. The molecule has 0 saturated heterocycles. The highest BCUT2D eigenvalue weighted by Crippen LogP contribution is 2.36. The van der Waals surface area contributed by atoms with Crippen LogP contribution in [-0.4, -0.2) is 0 Å². The van der Waals surface area contributed by atoms with E-state index in [0.717, 1.165) is 0 Å². The normalized spacial score (nSPS) is 17.9. The van der Waals surface area contributed by atoms with E-state index in [4.69, 9.17) is 0 Å². The third kappa shape index (κ3) is 3.02. The maximum atomic E-state index is 2.32. The molecule has 2 aromatic carbocycles. The van der Waals surface area contributed by atoms with Crippen molar-refractivity contribution in [3.05, 3.63) is 82.1 Å². The van der Waals surface area contributed by atoms with Crippen molar-refractivity contribution in [3.63, 3.8) is 0 Å². The molecule has 0 saturated carbocycles. The first-order chi connectivity index (χ1) is 9.72. The highest BCUT2D eigenvalue weighted by molar-refractivity contribution is 8.76. The zero-order valence-corrected chi connectivity index (χ0v) is 13.3. The number of hydrogen-bond acceptors (Lipinski definition) is 1. The summed E-state index contributed by atoms with van der Waals surface area (Å²) in [6, 6.07) is 17.6. The molecule has 1 heterocycles. The van der Waals surface area contributed by atoms with Crippen LogP contribution in [0, 0.1) is 13.8 Å². The van der Waals surface area contributed by atoms with Crippen LogP contribution in [0.4, 0.5) is 0 Å². The highest BCUT2D eigenvalue weighted by atomic mass is 33.1. The second kappa shape index (κ2) is 5.94. The molecule has 20 heavy (non-hydrogen) atoms. The summed E-state index contributed by atoms with van der Waals surface area (Å²) in [4.78, 5) is 1.40. The molecule has 0 bridgehead atoms. The largest absolute Gasteiger partial charge is 0.173 e. The standard InChI is InChI=1S/C18H17S2/c1-14-3-7-16(8-4-14)17-11-12-20(19-13-17)18-9-5-15(2)6-10-18/h3-13H,1-2H3/q+1. The van der Waals surface area contributed by atoms with Gasteiger partial charge in [-0.3, -0.25) is 0 Å². The molecule has 0 aromatic heterocycles. The van der Waals surface area contributed by atoms with Gasteiger partial charge in [0.2, 0.25) is 0 Å². The lowest BCUT2D eigenvalue weighted by Gasteiger charge is -2.07. The fraction of sp³-hybridized carbons (Fsp3) is 0.111. The summed E-state index contributed by atoms with van der Waals surface area (Å²) in [5.41, 5.74) is 5.23. The summed E-state index contributed by atoms with van der Waals surface area (Å²) in [7, 11) is 2.05. The fourth-order valence-electron chi connectivity index (χ4n) is 2.03. The van der Waals surface area contributed by atoms with Crippen LogP contribution in [0.25, 0.3) is 5.57 Å². The molecule has 0 fully saturated rings. The first-order valence-corrected chi connectivity index (χ1v) is 9.33. The number of benzene rings is 2. The van der Waals surface area contributed by atoms with Crippen LogP contribution in [0.5, 0.6) is 0 Å². The van der Waals surface area contributed by atoms with E-state index in [1.165, 1.54) is 27.2 Å². The Bertz CT molecular complexity index is 649. The lowest BCUT2D eigenvalue weighted by Crippen LogP contribution is -1.96. The van der Waals surface area contributed by atoms with Crippen LogP contribution in [0.1, 0.15) is 16.7 Å². The van der Waals surface area contributed by atoms with Crippen molar-refractivity contribution < 1.29 is 0 Å². The molecule has 0 spiro atoms. The molecule has 1 unspecified atom stereocenters. The molecular formula is C18H17S2+. The summed E-state index contributed by atoms with van der Waals surface area (Å²) in [6.07, 6.45) is 2.25. The van der Waals surface area contributed by atoms with Gasteiger partial charge in [0.25, 0.3) is 0 Å². The predicted molar refractivity (Wildman–Crippen MR) is 92.7 cm³/mol. The number of allylic oxidation sites excluding steroid dienone is 2. The van der Waals surface area contributed by atoms with Gasteiger partial charge in [0.1, 0.15) is 26.1 Å². The zero-order valence-electron chi connectivity index (χ0n) is 11.7. The van der Waals surface area contributed by atoms with Gasteiger partial charge in [-0.25, -0.2) is 0 Å². The van der Waals surface area contributed by atoms with Gasteiger partial charge in [-0.1, -0.05) is 47.5 Å². The van der Waals surface area contributed by atoms with Gasteiger partial charge in [0.05, 0.1) is 0 Å². The van der Waals surface area contributed by atoms with Crippen LogP contribution in [0.15, 0.2) is 70.3 Å². The molecule has 0 amide bonds. The average Bonchev–Trinajstić information content (AvgIpc) is 2.49. The zero-order chi connectivity index (χ0) is 13.9. The van der Waals surface area contributed by atoms with Gasteiger partial charge in [0.15, 0.2) is 4.90 Å². The van der Waals surface area contributed by atoms with E-state index in [1.807, 2.05) is 10.8 Å². The van der Waals surface area contributed by atoms with Gasteiger partial charge < -0.3 is 0 Å². The topological polar surface area (TPSA) is 0 Å². The van der Waals surface area contributed by atoms with E-state index in [2.05, 4.69) is 79.3 Å². The van der Waals surface area contributed by atoms with Crippen LogP contribution >= 0.6 is 10.8 Å². The lowest BCUT2D eigenvalue weighted by molar-refractivity contribution is 1.38. The first kappa shape index (κ1) is 13.6. The van der Waals surface area contributed by atoms with Crippen LogP contribution in [-0.2, 0) is 9.93 Å². The third-order valence-corrected chi connectivity index (χ3v) is 6.79. The number of aryl methyl sites for hydroxylation is 2. The SMILES string of the molecule is Cc1ccc(C2=CS[S+](c3ccc(C)cc3)C=C2)cc1. The summed E-state index contributed by atoms with van der Waals surface area (Å²) < 4.78 is 0. The summed E-state index contributed by atoms with van der Waals surface area (Å²) >= 11 is 0. The lowest BCUT2D eigenvalue weighted by atomic mass is 10.1. The molecule has 1 aliphatic heterocycles. The molecule has 1 atom stereocenters. The molecule has 3 rings (SSSR count). The highest BCUT2D eigenvalue weighted by Gasteiger charge is 2.23. The average molecular weight is 297 g/mol. The Hall–Kier alpha value is -1.38. The first-order valence-electron chi connectivity index (χ1n) is 6.65. The minimum atomic E-state index is 0.145. The van der Waals surface area contributed by atoms with E-state index in [-0.39, 0.29) is 9.93 Å². The van der Waals surface area contributed by atoms with Crippen LogP contribution in [0.2, 0.25) is 0 Å². The minimum absolute atomic E-state index is 0.145. The predicted octanol–water partition coefficient (Wildman–Crippen LogP) is 5.50. The van der Waals surface area contributed by atoms with Gasteiger partial charge >= 0.3 is 0 Å². The molecule has 100 valence electrons. The summed E-state index contributed by atoms with van der Waals surface area (Å²) in [6.45, 7) is 4.25. The quantitative estimate of drug-likeness (QED) is 0.521. The molecule has 0 nitrogen and oxygen atoms in total. The van der Waals surface area contributed by atoms with Gasteiger partial charge in [0, 0.05) is 5.41 Å². The Morgan fingerprint density at radius 3 is 1.95 bits per heavy atom. The van der Waals surface area contributed by atoms with Crippen molar-refractivity contribution in [2.75, 3.05) is 0 Å². The van der Waals surface area contributed by atoms with Crippen molar-refractivity contribution in [3.8, 4) is 0 Å². The van der Waals surface area contributed by atoms with E-state index in [9.17, 15) is 0 Å². The van der Waals surface area contributed by atoms with Gasteiger partial charge in [-0.05, 0) is 43.2 Å². The second-order valence-electron chi connectivity index (χ2n) is 4.95. The maximum Gasteiger partial charge on any atom is 0.173 e. The van der Waals surface area contributed by atoms with Crippen LogP contribution in [0.3, 0.4) is 0 Å². The third-order valence-electron chi connectivity index (χ3n) is 3.29. The smallest absolute Gasteiger partial charge is 0.0587 e. The second-order valence-corrected chi connectivity index (χ2v) is 8.37. The molecule has 1 aliphatic rings. The summed E-state index contributed by atoms with van der Waals surface area (Å²) in [5, 5.41) is 4.61. The number of hydrogen-bond donors (Lipinski definition) is 0. The van der Waals surface area contributed by atoms with Gasteiger partial charge in [-0.15, -0.1) is 0 Å². The Balaban J connectivity index is 1.77. The van der Waals surface area contributed by atoms with Crippen molar-refractivity contribution in [1.82, 2.24) is 0 Å². The van der Waals surface area contributed by atoms with Crippen molar-refractivity contribution in [2.24, 2.45) is 0 Å².